The Morgan fingerprint density at radius 2 is 2.43 bits per heavy atom. The number of primary amides is 1. The molecule has 5 heteroatoms. The molecule has 1 aromatic rings. The first-order valence-corrected chi connectivity index (χ1v) is 3.92. The minimum Gasteiger partial charge on any atom is -0.462 e. The summed E-state index contributed by atoms with van der Waals surface area (Å²) in [5, 5.41) is 11.3. The van der Waals surface area contributed by atoms with Gasteiger partial charge in [-0.05, 0) is 13.0 Å². The van der Waals surface area contributed by atoms with Gasteiger partial charge in [0.25, 0.3) is 5.91 Å². The molecule has 0 saturated carbocycles. The molecule has 0 aliphatic carbocycles. The summed E-state index contributed by atoms with van der Waals surface area (Å²) < 4.78 is 4.99. The van der Waals surface area contributed by atoms with Gasteiger partial charge in [0, 0.05) is 5.56 Å². The summed E-state index contributed by atoms with van der Waals surface area (Å²) in [6.45, 7) is 1.85. The Morgan fingerprint density at radius 3 is 2.93 bits per heavy atom. The van der Waals surface area contributed by atoms with Crippen LogP contribution in [-0.4, -0.2) is 16.8 Å². The van der Waals surface area contributed by atoms with Crippen LogP contribution in [0.1, 0.15) is 18.2 Å². The molecular formula is C9H10N2O3. The lowest BCUT2D eigenvalue weighted by molar-refractivity contribution is -0.112. The van der Waals surface area contributed by atoms with Crippen LogP contribution in [0.15, 0.2) is 28.0 Å². The van der Waals surface area contributed by atoms with Gasteiger partial charge in [0.15, 0.2) is 5.76 Å². The van der Waals surface area contributed by atoms with Crippen molar-refractivity contribution < 1.29 is 14.4 Å². The number of nitrogens with zero attached hydrogens (tertiary/aromatic N) is 1. The smallest absolute Gasteiger partial charge is 0.274 e. The Hall–Kier alpha value is -2.04. The summed E-state index contributed by atoms with van der Waals surface area (Å²) in [7, 11) is 0. The molecule has 1 aromatic heterocycles. The Kier molecular flexibility index (Phi) is 3.06. The molecule has 0 aliphatic heterocycles. The molecule has 14 heavy (non-hydrogen) atoms. The topological polar surface area (TPSA) is 88.8 Å². The summed E-state index contributed by atoms with van der Waals surface area (Å²) in [5.41, 5.74) is 5.43. The Morgan fingerprint density at radius 1 is 1.71 bits per heavy atom. The van der Waals surface area contributed by atoms with Gasteiger partial charge in [0.1, 0.15) is 0 Å². The predicted molar refractivity (Wildman–Crippen MR) is 50.9 cm³/mol. The maximum atomic E-state index is 10.8. The van der Waals surface area contributed by atoms with Crippen molar-refractivity contribution in [3.8, 4) is 0 Å². The molecule has 74 valence electrons. The molecular weight excluding hydrogens is 184 g/mol. The van der Waals surface area contributed by atoms with Crippen LogP contribution in [-0.2, 0) is 4.79 Å². The van der Waals surface area contributed by atoms with Crippen LogP contribution < -0.4 is 5.73 Å². The second kappa shape index (κ2) is 4.27. The molecule has 1 heterocycles. The molecule has 5 nitrogen and oxygen atoms in total. The zero-order valence-corrected chi connectivity index (χ0v) is 7.60. The minimum atomic E-state index is -0.839. The Balaban J connectivity index is 3.02. The van der Waals surface area contributed by atoms with E-state index in [1.165, 1.54) is 6.26 Å². The number of hydrogen-bond donors (Lipinski definition) is 2. The fourth-order valence-corrected chi connectivity index (χ4v) is 0.975. The number of oxime groups is 1. The van der Waals surface area contributed by atoms with E-state index in [4.69, 9.17) is 15.4 Å². The number of allylic oxidation sites excluding steroid dienone is 1. The first kappa shape index (κ1) is 10.0. The molecule has 0 unspecified atom stereocenters. The normalized spacial score (nSPS) is 12.2. The largest absolute Gasteiger partial charge is 0.462 e. The van der Waals surface area contributed by atoms with Crippen molar-refractivity contribution in [3.05, 3.63) is 29.7 Å². The van der Waals surface area contributed by atoms with E-state index >= 15 is 0 Å². The highest BCUT2D eigenvalue weighted by Gasteiger charge is 2.14. The number of carbonyl (C=O) groups is 1. The third kappa shape index (κ3) is 2.01. The molecule has 0 radical (unpaired) electrons. The molecule has 0 spiro atoms. The summed E-state index contributed by atoms with van der Waals surface area (Å²) >= 11 is 0. The maximum Gasteiger partial charge on any atom is 0.274 e. The lowest BCUT2D eigenvalue weighted by Gasteiger charge is -1.92. The third-order valence-corrected chi connectivity index (χ3v) is 1.55. The van der Waals surface area contributed by atoms with Crippen molar-refractivity contribution in [3.63, 3.8) is 0 Å². The number of amides is 1. The fourth-order valence-electron chi connectivity index (χ4n) is 0.975. The summed E-state index contributed by atoms with van der Waals surface area (Å²) in [6.07, 6.45) is 5.03. The Bertz CT molecular complexity index is 391. The van der Waals surface area contributed by atoms with Gasteiger partial charge >= 0.3 is 0 Å². The van der Waals surface area contributed by atoms with Crippen molar-refractivity contribution in [1.82, 2.24) is 0 Å². The van der Waals surface area contributed by atoms with E-state index in [9.17, 15) is 4.79 Å². The van der Waals surface area contributed by atoms with Crippen LogP contribution in [0, 0.1) is 0 Å². The molecule has 3 N–H and O–H groups in total. The molecule has 0 atom stereocenters. The van der Waals surface area contributed by atoms with Crippen LogP contribution in [0.2, 0.25) is 0 Å². The van der Waals surface area contributed by atoms with E-state index in [0.29, 0.717) is 0 Å². The van der Waals surface area contributed by atoms with E-state index < -0.39 is 5.91 Å². The van der Waals surface area contributed by atoms with E-state index in [1.807, 2.05) is 13.0 Å². The second-order valence-electron chi connectivity index (χ2n) is 2.56. The molecule has 0 bridgehead atoms. The number of hydrogen-bond acceptors (Lipinski definition) is 4. The molecule has 0 saturated heterocycles. The highest BCUT2D eigenvalue weighted by atomic mass is 16.4. The van der Waals surface area contributed by atoms with Gasteiger partial charge in [-0.25, -0.2) is 0 Å². The summed E-state index contributed by atoms with van der Waals surface area (Å²) in [6, 6.07) is 1.56. The van der Waals surface area contributed by atoms with E-state index in [1.54, 1.807) is 12.1 Å². The van der Waals surface area contributed by atoms with E-state index in [0.717, 1.165) is 5.56 Å². The fraction of sp³-hybridized carbons (Fsp3) is 0.111. The number of rotatable bonds is 3. The second-order valence-corrected chi connectivity index (χ2v) is 2.56. The van der Waals surface area contributed by atoms with Gasteiger partial charge in [0.2, 0.25) is 5.71 Å². The van der Waals surface area contributed by atoms with E-state index in [-0.39, 0.29) is 11.5 Å². The van der Waals surface area contributed by atoms with Crippen LogP contribution in [0.3, 0.4) is 0 Å². The van der Waals surface area contributed by atoms with Crippen molar-refractivity contribution in [1.29, 1.82) is 0 Å². The van der Waals surface area contributed by atoms with Gasteiger partial charge in [0.05, 0.1) is 6.26 Å². The zero-order valence-electron chi connectivity index (χ0n) is 7.60. The highest BCUT2D eigenvalue weighted by molar-refractivity contribution is 6.43. The average molecular weight is 194 g/mol. The van der Waals surface area contributed by atoms with Crippen molar-refractivity contribution in [2.45, 2.75) is 6.92 Å². The molecule has 0 fully saturated rings. The van der Waals surface area contributed by atoms with Crippen molar-refractivity contribution >= 4 is 17.7 Å². The van der Waals surface area contributed by atoms with Crippen molar-refractivity contribution in [2.75, 3.05) is 0 Å². The lowest BCUT2D eigenvalue weighted by Crippen LogP contribution is -2.23. The van der Waals surface area contributed by atoms with Gasteiger partial charge in [-0.15, -0.1) is 0 Å². The monoisotopic (exact) mass is 194 g/mol. The van der Waals surface area contributed by atoms with E-state index in [2.05, 4.69) is 5.16 Å². The molecule has 0 aromatic carbocycles. The molecule has 1 rings (SSSR count). The van der Waals surface area contributed by atoms with Gasteiger partial charge in [-0.1, -0.05) is 17.3 Å². The maximum absolute atomic E-state index is 10.8. The van der Waals surface area contributed by atoms with Gasteiger partial charge < -0.3 is 15.4 Å². The first-order chi connectivity index (χ1) is 6.69. The third-order valence-electron chi connectivity index (χ3n) is 1.55. The minimum absolute atomic E-state index is 0.146. The standard InChI is InChI=1S/C9H10N2O3/c1-2-3-6-4-7(14-5-6)8(11-13)9(10)12/h2-5,13H,1H3,(H2,10,12)/b3-2+,11-8+. The Labute approximate surface area is 80.5 Å². The number of carbonyl (C=O) groups excluding carboxylic acids is 1. The lowest BCUT2D eigenvalue weighted by atomic mass is 10.2. The first-order valence-electron chi connectivity index (χ1n) is 3.92. The van der Waals surface area contributed by atoms with Gasteiger partial charge in [-0.3, -0.25) is 4.79 Å². The van der Waals surface area contributed by atoms with Gasteiger partial charge in [-0.2, -0.15) is 0 Å². The SMILES string of the molecule is C/C=C/c1coc(/C(=N\O)C(N)=O)c1. The van der Waals surface area contributed by atoms with Crippen molar-refractivity contribution in [2.24, 2.45) is 10.9 Å². The molecule has 0 aliphatic rings. The van der Waals surface area contributed by atoms with Crippen LogP contribution in [0.4, 0.5) is 0 Å². The highest BCUT2D eigenvalue weighted by Crippen LogP contribution is 2.10. The number of furan rings is 1. The molecule has 1 amide bonds. The van der Waals surface area contributed by atoms with Crippen LogP contribution >= 0.6 is 0 Å². The van der Waals surface area contributed by atoms with Crippen LogP contribution in [0.5, 0.6) is 0 Å². The summed E-state index contributed by atoms with van der Waals surface area (Å²) in [4.78, 5) is 10.8. The quantitative estimate of drug-likeness (QED) is 0.427. The zero-order chi connectivity index (χ0) is 10.6. The summed E-state index contributed by atoms with van der Waals surface area (Å²) in [5.74, 6) is -0.693. The number of nitrogens with two attached hydrogens (primary N) is 1. The van der Waals surface area contributed by atoms with Crippen LogP contribution in [0.25, 0.3) is 6.08 Å². The average Bonchev–Trinajstić information content (AvgIpc) is 2.54. The predicted octanol–water partition coefficient (Wildman–Crippen LogP) is 0.976.